The maximum Gasteiger partial charge on any atom is 0.220 e. The normalized spacial score (nSPS) is 26.1. The van der Waals surface area contributed by atoms with Gasteiger partial charge in [-0.2, -0.15) is 0 Å². The summed E-state index contributed by atoms with van der Waals surface area (Å²) >= 11 is 0. The molecule has 4 nitrogen and oxygen atoms in total. The van der Waals surface area contributed by atoms with Crippen molar-refractivity contribution in [3.05, 3.63) is 29.8 Å². The second-order valence-electron chi connectivity index (χ2n) is 5.70. The molecule has 1 unspecified atom stereocenters. The summed E-state index contributed by atoms with van der Waals surface area (Å²) in [6, 6.07) is 7.53. The van der Waals surface area contributed by atoms with Gasteiger partial charge in [-0.05, 0) is 43.0 Å². The van der Waals surface area contributed by atoms with Crippen molar-refractivity contribution in [3.8, 4) is 5.75 Å². The third-order valence-corrected chi connectivity index (χ3v) is 4.67. The number of carbonyl (C=O) groups is 1. The first-order chi connectivity index (χ1) is 9.21. The third kappa shape index (κ3) is 2.21. The summed E-state index contributed by atoms with van der Waals surface area (Å²) in [5.74, 6) is 0.712. The van der Waals surface area contributed by atoms with Crippen LogP contribution in [0.1, 0.15) is 30.7 Å². The van der Waals surface area contributed by atoms with E-state index in [1.165, 1.54) is 0 Å². The van der Waals surface area contributed by atoms with Gasteiger partial charge in [0.15, 0.2) is 0 Å². The van der Waals surface area contributed by atoms with Gasteiger partial charge >= 0.3 is 0 Å². The molecule has 1 aromatic carbocycles. The van der Waals surface area contributed by atoms with Crippen LogP contribution in [-0.4, -0.2) is 30.6 Å². The van der Waals surface area contributed by atoms with Crippen molar-refractivity contribution < 1.29 is 9.90 Å². The number of piperidine rings is 2. The van der Waals surface area contributed by atoms with Crippen LogP contribution in [0.3, 0.4) is 0 Å². The summed E-state index contributed by atoms with van der Waals surface area (Å²) < 4.78 is 0. The molecule has 1 aromatic rings. The van der Waals surface area contributed by atoms with E-state index in [4.69, 9.17) is 0 Å². The first-order valence-electron chi connectivity index (χ1n) is 6.97. The Morgan fingerprint density at radius 2 is 1.95 bits per heavy atom. The minimum absolute atomic E-state index is 0.00637. The molecular formula is C15H20N2O2. The largest absolute Gasteiger partial charge is 0.508 e. The molecule has 0 aliphatic carbocycles. The molecule has 3 rings (SSSR count). The van der Waals surface area contributed by atoms with E-state index in [0.29, 0.717) is 18.7 Å². The number of aromatic hydroxyl groups is 1. The molecule has 1 amide bonds. The summed E-state index contributed by atoms with van der Waals surface area (Å²) in [6.07, 6.45) is 2.58. The first kappa shape index (κ1) is 12.5. The average molecular weight is 260 g/mol. The van der Waals surface area contributed by atoms with Gasteiger partial charge in [0, 0.05) is 18.9 Å². The van der Waals surface area contributed by atoms with Crippen molar-refractivity contribution in [3.63, 3.8) is 0 Å². The van der Waals surface area contributed by atoms with E-state index in [1.54, 1.807) is 6.07 Å². The summed E-state index contributed by atoms with van der Waals surface area (Å²) in [7, 11) is 0. The summed E-state index contributed by atoms with van der Waals surface area (Å²) in [5, 5.41) is 16.4. The van der Waals surface area contributed by atoms with Crippen LogP contribution < -0.4 is 10.6 Å². The highest BCUT2D eigenvalue weighted by Gasteiger charge is 2.45. The highest BCUT2D eigenvalue weighted by Crippen LogP contribution is 2.49. The number of hydrogen-bond donors (Lipinski definition) is 3. The molecule has 0 saturated carbocycles. The molecule has 2 aliphatic rings. The maximum atomic E-state index is 11.8. The second kappa shape index (κ2) is 4.85. The van der Waals surface area contributed by atoms with E-state index < -0.39 is 0 Å². The number of hydrogen-bond acceptors (Lipinski definition) is 3. The van der Waals surface area contributed by atoms with Crippen molar-refractivity contribution in [1.82, 2.24) is 10.6 Å². The van der Waals surface area contributed by atoms with E-state index >= 15 is 0 Å². The molecule has 4 heteroatoms. The van der Waals surface area contributed by atoms with Gasteiger partial charge in [0.2, 0.25) is 5.91 Å². The Labute approximate surface area is 113 Å². The zero-order chi connectivity index (χ0) is 13.3. The van der Waals surface area contributed by atoms with Crippen LogP contribution in [-0.2, 0) is 4.79 Å². The van der Waals surface area contributed by atoms with Gasteiger partial charge in [-0.3, -0.25) is 4.79 Å². The van der Waals surface area contributed by atoms with Gasteiger partial charge in [-0.15, -0.1) is 0 Å². The monoisotopic (exact) mass is 260 g/mol. The van der Waals surface area contributed by atoms with Crippen LogP contribution in [0, 0.1) is 5.41 Å². The van der Waals surface area contributed by atoms with Crippen molar-refractivity contribution >= 4 is 5.91 Å². The molecule has 0 bridgehead atoms. The lowest BCUT2D eigenvalue weighted by Crippen LogP contribution is -2.51. The number of benzene rings is 1. The summed E-state index contributed by atoms with van der Waals surface area (Å²) in [5.41, 5.74) is 0.983. The van der Waals surface area contributed by atoms with Gasteiger partial charge in [-0.1, -0.05) is 18.2 Å². The Hall–Kier alpha value is -1.55. The number of amides is 1. The number of nitrogens with one attached hydrogen (secondary N) is 2. The fraction of sp³-hybridized carbons (Fsp3) is 0.533. The maximum absolute atomic E-state index is 11.8. The lowest BCUT2D eigenvalue weighted by molar-refractivity contribution is -0.127. The third-order valence-electron chi connectivity index (χ3n) is 4.67. The number of para-hydroxylation sites is 1. The Morgan fingerprint density at radius 3 is 2.68 bits per heavy atom. The Balaban J connectivity index is 1.97. The van der Waals surface area contributed by atoms with Crippen LogP contribution in [0.5, 0.6) is 5.75 Å². The quantitative estimate of drug-likeness (QED) is 0.714. The molecule has 1 atom stereocenters. The van der Waals surface area contributed by atoms with Gasteiger partial charge in [0.1, 0.15) is 5.75 Å². The van der Waals surface area contributed by atoms with E-state index in [1.807, 2.05) is 18.2 Å². The zero-order valence-electron chi connectivity index (χ0n) is 11.0. The molecule has 0 aromatic heterocycles. The zero-order valence-corrected chi connectivity index (χ0v) is 11.0. The van der Waals surface area contributed by atoms with E-state index in [-0.39, 0.29) is 17.2 Å². The Morgan fingerprint density at radius 1 is 1.21 bits per heavy atom. The molecule has 2 heterocycles. The van der Waals surface area contributed by atoms with Crippen LogP contribution >= 0.6 is 0 Å². The highest BCUT2D eigenvalue weighted by molar-refractivity contribution is 5.78. The van der Waals surface area contributed by atoms with E-state index in [9.17, 15) is 9.90 Å². The second-order valence-corrected chi connectivity index (χ2v) is 5.70. The van der Waals surface area contributed by atoms with Gasteiger partial charge in [0.25, 0.3) is 0 Å². The van der Waals surface area contributed by atoms with Crippen LogP contribution in [0.15, 0.2) is 24.3 Å². The van der Waals surface area contributed by atoms with Crippen LogP contribution in [0.25, 0.3) is 0 Å². The number of rotatable bonds is 1. The van der Waals surface area contributed by atoms with E-state index in [2.05, 4.69) is 10.6 Å². The SMILES string of the molecule is O=C1CC2(CCNCC2)C(c2ccccc2O)CN1. The van der Waals surface area contributed by atoms with Crippen LogP contribution in [0.2, 0.25) is 0 Å². The lowest BCUT2D eigenvalue weighted by Gasteiger charge is -2.46. The molecule has 0 radical (unpaired) electrons. The average Bonchev–Trinajstić information content (AvgIpc) is 2.41. The summed E-state index contributed by atoms with van der Waals surface area (Å²) in [6.45, 7) is 2.55. The number of phenolic OH excluding ortho intramolecular Hbond substituents is 1. The minimum Gasteiger partial charge on any atom is -0.508 e. The number of phenols is 1. The van der Waals surface area contributed by atoms with E-state index in [0.717, 1.165) is 31.5 Å². The van der Waals surface area contributed by atoms with Crippen molar-refractivity contribution in [2.45, 2.75) is 25.2 Å². The van der Waals surface area contributed by atoms with Gasteiger partial charge < -0.3 is 15.7 Å². The van der Waals surface area contributed by atoms with Crippen molar-refractivity contribution in [1.29, 1.82) is 0 Å². The minimum atomic E-state index is 0.00637. The van der Waals surface area contributed by atoms with Crippen molar-refractivity contribution in [2.24, 2.45) is 5.41 Å². The van der Waals surface area contributed by atoms with Gasteiger partial charge in [-0.25, -0.2) is 0 Å². The lowest BCUT2D eigenvalue weighted by atomic mass is 9.62. The first-order valence-corrected chi connectivity index (χ1v) is 6.97. The summed E-state index contributed by atoms with van der Waals surface area (Å²) in [4.78, 5) is 11.8. The molecule has 2 saturated heterocycles. The smallest absolute Gasteiger partial charge is 0.220 e. The highest BCUT2D eigenvalue weighted by atomic mass is 16.3. The standard InChI is InChI=1S/C15H20N2O2/c18-13-4-2-1-3-11(13)12-10-17-14(19)9-15(12)5-7-16-8-6-15/h1-4,12,16,18H,5-10H2,(H,17,19). The molecule has 19 heavy (non-hydrogen) atoms. The Bertz CT molecular complexity index is 481. The molecule has 2 aliphatic heterocycles. The molecule has 102 valence electrons. The topological polar surface area (TPSA) is 61.4 Å². The van der Waals surface area contributed by atoms with Crippen molar-refractivity contribution in [2.75, 3.05) is 19.6 Å². The predicted molar refractivity (Wildman–Crippen MR) is 73.0 cm³/mol. The molecule has 1 spiro atoms. The molecular weight excluding hydrogens is 240 g/mol. The fourth-order valence-corrected chi connectivity index (χ4v) is 3.61. The Kier molecular flexibility index (Phi) is 3.19. The molecule has 2 fully saturated rings. The fourth-order valence-electron chi connectivity index (χ4n) is 3.61. The number of carbonyl (C=O) groups excluding carboxylic acids is 1. The van der Waals surface area contributed by atoms with Gasteiger partial charge in [0.05, 0.1) is 0 Å². The van der Waals surface area contributed by atoms with Crippen LogP contribution in [0.4, 0.5) is 0 Å². The molecule has 3 N–H and O–H groups in total. The predicted octanol–water partition coefficient (Wildman–Crippen LogP) is 1.37.